The average Bonchev–Trinajstić information content (AvgIpc) is 3.21. The van der Waals surface area contributed by atoms with Crippen molar-refractivity contribution in [3.8, 4) is 17.2 Å². The molecule has 1 heterocycles. The Kier molecular flexibility index (Phi) is 6.03. The molecule has 0 bridgehead atoms. The van der Waals surface area contributed by atoms with Gasteiger partial charge in [-0.15, -0.1) is 0 Å². The standard InChI is InChI=1S/C26H26N2O3/c1-4-17(2)19-9-12-21(13-10-19)30-16-25(29)27-20-11-14-24-23(15-20)28-26(31-24)22-8-6-5-7-18(22)3/h5-15,17H,4,16H2,1-3H3,(H,27,29). The first kappa shape index (κ1) is 20.7. The second kappa shape index (κ2) is 9.04. The molecule has 5 nitrogen and oxygen atoms in total. The van der Waals surface area contributed by atoms with E-state index in [2.05, 4.69) is 24.1 Å². The van der Waals surface area contributed by atoms with Gasteiger partial charge >= 0.3 is 0 Å². The summed E-state index contributed by atoms with van der Waals surface area (Å²) in [5.74, 6) is 1.53. The molecule has 1 unspecified atom stereocenters. The van der Waals surface area contributed by atoms with E-state index in [1.165, 1.54) is 5.56 Å². The van der Waals surface area contributed by atoms with Crippen LogP contribution in [0.5, 0.6) is 5.75 Å². The highest BCUT2D eigenvalue weighted by Crippen LogP contribution is 2.28. The lowest BCUT2D eigenvalue weighted by Gasteiger charge is -2.11. The van der Waals surface area contributed by atoms with Crippen LogP contribution in [0.15, 0.2) is 71.1 Å². The molecule has 31 heavy (non-hydrogen) atoms. The third kappa shape index (κ3) is 4.77. The average molecular weight is 415 g/mol. The zero-order valence-corrected chi connectivity index (χ0v) is 18.0. The van der Waals surface area contributed by atoms with Crippen molar-refractivity contribution in [1.82, 2.24) is 4.98 Å². The van der Waals surface area contributed by atoms with Gasteiger partial charge in [-0.1, -0.05) is 44.2 Å². The zero-order valence-electron chi connectivity index (χ0n) is 18.0. The number of hydrogen-bond donors (Lipinski definition) is 1. The van der Waals surface area contributed by atoms with Crippen LogP contribution in [0.4, 0.5) is 5.69 Å². The normalized spacial score (nSPS) is 12.0. The van der Waals surface area contributed by atoms with Gasteiger partial charge in [0.25, 0.3) is 5.91 Å². The lowest BCUT2D eigenvalue weighted by molar-refractivity contribution is -0.118. The van der Waals surface area contributed by atoms with Crippen LogP contribution in [-0.4, -0.2) is 17.5 Å². The molecule has 0 fully saturated rings. The molecule has 0 aliphatic rings. The van der Waals surface area contributed by atoms with Crippen LogP contribution < -0.4 is 10.1 Å². The molecule has 0 saturated heterocycles. The highest BCUT2D eigenvalue weighted by molar-refractivity contribution is 5.94. The summed E-state index contributed by atoms with van der Waals surface area (Å²) in [5, 5.41) is 2.86. The molecule has 3 aromatic carbocycles. The number of nitrogens with zero attached hydrogens (tertiary/aromatic N) is 1. The Morgan fingerprint density at radius 2 is 1.87 bits per heavy atom. The van der Waals surface area contributed by atoms with Gasteiger partial charge in [-0.3, -0.25) is 4.79 Å². The van der Waals surface area contributed by atoms with E-state index in [-0.39, 0.29) is 12.5 Å². The number of aromatic nitrogens is 1. The number of benzene rings is 3. The van der Waals surface area contributed by atoms with E-state index in [1.54, 1.807) is 12.1 Å². The smallest absolute Gasteiger partial charge is 0.262 e. The number of rotatable bonds is 7. The fourth-order valence-electron chi connectivity index (χ4n) is 3.41. The summed E-state index contributed by atoms with van der Waals surface area (Å²) in [7, 11) is 0. The van der Waals surface area contributed by atoms with Gasteiger partial charge in [0.1, 0.15) is 11.3 Å². The largest absolute Gasteiger partial charge is 0.484 e. The van der Waals surface area contributed by atoms with Gasteiger partial charge in [-0.2, -0.15) is 0 Å². The van der Waals surface area contributed by atoms with Crippen LogP contribution in [0, 0.1) is 6.92 Å². The molecule has 0 spiro atoms. The fourth-order valence-corrected chi connectivity index (χ4v) is 3.41. The van der Waals surface area contributed by atoms with Crippen molar-refractivity contribution in [3.05, 3.63) is 77.9 Å². The van der Waals surface area contributed by atoms with Crippen LogP contribution in [0.25, 0.3) is 22.6 Å². The monoisotopic (exact) mass is 414 g/mol. The molecular formula is C26H26N2O3. The van der Waals surface area contributed by atoms with E-state index in [9.17, 15) is 4.79 Å². The molecule has 5 heteroatoms. The highest BCUT2D eigenvalue weighted by atomic mass is 16.5. The number of ether oxygens (including phenoxy) is 1. The second-order valence-electron chi connectivity index (χ2n) is 7.73. The van der Waals surface area contributed by atoms with Crippen LogP contribution in [0.2, 0.25) is 0 Å². The summed E-state index contributed by atoms with van der Waals surface area (Å²) in [4.78, 5) is 16.9. The summed E-state index contributed by atoms with van der Waals surface area (Å²) in [6, 6.07) is 21.3. The second-order valence-corrected chi connectivity index (χ2v) is 7.73. The third-order valence-electron chi connectivity index (χ3n) is 5.48. The topological polar surface area (TPSA) is 64.4 Å². The van der Waals surface area contributed by atoms with Crippen molar-refractivity contribution < 1.29 is 13.9 Å². The van der Waals surface area contributed by atoms with Gasteiger partial charge in [0.05, 0.1) is 0 Å². The molecule has 4 rings (SSSR count). The van der Waals surface area contributed by atoms with Crippen LogP contribution >= 0.6 is 0 Å². The Labute approximate surface area is 182 Å². The predicted octanol–water partition coefficient (Wildman–Crippen LogP) is 6.33. The van der Waals surface area contributed by atoms with Crippen LogP contribution in [0.3, 0.4) is 0 Å². The van der Waals surface area contributed by atoms with E-state index in [1.807, 2.05) is 61.5 Å². The minimum Gasteiger partial charge on any atom is -0.484 e. The predicted molar refractivity (Wildman–Crippen MR) is 123 cm³/mol. The number of aryl methyl sites for hydroxylation is 1. The van der Waals surface area contributed by atoms with Crippen LogP contribution in [0.1, 0.15) is 37.3 Å². The minimum absolute atomic E-state index is 0.0615. The number of hydrogen-bond acceptors (Lipinski definition) is 4. The molecular weight excluding hydrogens is 388 g/mol. The summed E-state index contributed by atoms with van der Waals surface area (Å²) < 4.78 is 11.5. The Bertz CT molecular complexity index is 1190. The molecule has 0 radical (unpaired) electrons. The molecule has 0 saturated carbocycles. The summed E-state index contributed by atoms with van der Waals surface area (Å²) >= 11 is 0. The van der Waals surface area contributed by atoms with E-state index in [4.69, 9.17) is 9.15 Å². The van der Waals surface area contributed by atoms with Crippen molar-refractivity contribution in [2.75, 3.05) is 11.9 Å². The molecule has 158 valence electrons. The van der Waals surface area contributed by atoms with Gasteiger partial charge in [0.15, 0.2) is 12.2 Å². The highest BCUT2D eigenvalue weighted by Gasteiger charge is 2.12. The van der Waals surface area contributed by atoms with Crippen molar-refractivity contribution in [2.24, 2.45) is 0 Å². The molecule has 1 aromatic heterocycles. The Balaban J connectivity index is 1.40. The third-order valence-corrected chi connectivity index (χ3v) is 5.48. The van der Waals surface area contributed by atoms with Crippen LogP contribution in [-0.2, 0) is 4.79 Å². The maximum Gasteiger partial charge on any atom is 0.262 e. The van der Waals surface area contributed by atoms with E-state index in [0.717, 1.165) is 17.5 Å². The van der Waals surface area contributed by atoms with Crippen molar-refractivity contribution >= 4 is 22.7 Å². The van der Waals surface area contributed by atoms with E-state index in [0.29, 0.717) is 34.3 Å². The fraction of sp³-hybridized carbons (Fsp3) is 0.231. The van der Waals surface area contributed by atoms with E-state index < -0.39 is 0 Å². The number of nitrogens with one attached hydrogen (secondary N) is 1. The Morgan fingerprint density at radius 1 is 1.10 bits per heavy atom. The molecule has 0 aliphatic heterocycles. The summed E-state index contributed by atoms with van der Waals surface area (Å²) in [5.41, 5.74) is 5.34. The number of carbonyl (C=O) groups excluding carboxylic acids is 1. The SMILES string of the molecule is CCC(C)c1ccc(OCC(=O)Nc2ccc3oc(-c4ccccc4C)nc3c2)cc1. The number of amides is 1. The quantitative estimate of drug-likeness (QED) is 0.383. The van der Waals surface area contributed by atoms with Gasteiger partial charge in [0, 0.05) is 11.3 Å². The lowest BCUT2D eigenvalue weighted by atomic mass is 9.99. The summed E-state index contributed by atoms with van der Waals surface area (Å²) in [6.45, 7) is 6.32. The first-order valence-electron chi connectivity index (χ1n) is 10.5. The lowest BCUT2D eigenvalue weighted by Crippen LogP contribution is -2.20. The van der Waals surface area contributed by atoms with Gasteiger partial charge in [-0.25, -0.2) is 4.98 Å². The maximum absolute atomic E-state index is 12.3. The number of carbonyl (C=O) groups is 1. The maximum atomic E-state index is 12.3. The van der Waals surface area contributed by atoms with Crippen molar-refractivity contribution in [3.63, 3.8) is 0 Å². The number of fused-ring (bicyclic) bond motifs is 1. The molecule has 4 aromatic rings. The number of oxazole rings is 1. The van der Waals surface area contributed by atoms with E-state index >= 15 is 0 Å². The molecule has 1 N–H and O–H groups in total. The minimum atomic E-state index is -0.229. The Hall–Kier alpha value is -3.60. The molecule has 1 amide bonds. The number of anilines is 1. The first-order valence-corrected chi connectivity index (χ1v) is 10.5. The first-order chi connectivity index (χ1) is 15.0. The van der Waals surface area contributed by atoms with Crippen molar-refractivity contribution in [1.29, 1.82) is 0 Å². The molecule has 0 aliphatic carbocycles. The zero-order chi connectivity index (χ0) is 21.8. The van der Waals surface area contributed by atoms with Gasteiger partial charge < -0.3 is 14.5 Å². The van der Waals surface area contributed by atoms with Crippen molar-refractivity contribution in [2.45, 2.75) is 33.1 Å². The summed E-state index contributed by atoms with van der Waals surface area (Å²) in [6.07, 6.45) is 1.09. The van der Waals surface area contributed by atoms with Gasteiger partial charge in [0.2, 0.25) is 5.89 Å². The van der Waals surface area contributed by atoms with Gasteiger partial charge in [-0.05, 0) is 66.8 Å². The Morgan fingerprint density at radius 3 is 2.61 bits per heavy atom. The molecule has 1 atom stereocenters.